The van der Waals surface area contributed by atoms with E-state index in [0.29, 0.717) is 23.8 Å². The third kappa shape index (κ3) is 2.14. The molecular weight excluding hydrogens is 232 g/mol. The Kier molecular flexibility index (Phi) is 3.21. The van der Waals surface area contributed by atoms with Crippen LogP contribution in [-0.2, 0) is 4.74 Å². The Balaban J connectivity index is 1.88. The summed E-state index contributed by atoms with van der Waals surface area (Å²) in [6, 6.07) is 8.64. The Bertz CT molecular complexity index is 423. The lowest BCUT2D eigenvalue weighted by Gasteiger charge is -2.35. The van der Waals surface area contributed by atoms with Gasteiger partial charge in [-0.3, -0.25) is 0 Å². The molecule has 0 saturated carbocycles. The lowest BCUT2D eigenvalue weighted by atomic mass is 9.76. The highest BCUT2D eigenvalue weighted by Gasteiger charge is 2.30. The van der Waals surface area contributed by atoms with Crippen LogP contribution in [0.5, 0.6) is 0 Å². The molecule has 0 amide bonds. The number of rotatable bonds is 3. The minimum absolute atomic E-state index is 0.449. The van der Waals surface area contributed by atoms with Gasteiger partial charge in [0.25, 0.3) is 0 Å². The zero-order chi connectivity index (χ0) is 11.7. The largest absolute Gasteiger partial charge is 0.378 e. The number of halogens is 1. The molecule has 17 heavy (non-hydrogen) atoms. The van der Waals surface area contributed by atoms with Crippen molar-refractivity contribution >= 4 is 17.7 Å². The molecule has 1 saturated heterocycles. The molecule has 1 aromatic carbocycles. The average Bonchev–Trinajstić information content (AvgIpc) is 2.33. The van der Waals surface area contributed by atoms with E-state index in [9.17, 15) is 0 Å². The monoisotopic (exact) mass is 248 g/mol. The Morgan fingerprint density at radius 3 is 2.82 bits per heavy atom. The molecule has 3 atom stereocenters. The molecule has 1 nitrogen and oxygen atoms in total. The van der Waals surface area contributed by atoms with Crippen LogP contribution >= 0.6 is 11.6 Å². The molecule has 2 unspecified atom stereocenters. The van der Waals surface area contributed by atoms with Crippen molar-refractivity contribution in [3.8, 4) is 0 Å². The molecule has 0 radical (unpaired) electrons. The van der Waals surface area contributed by atoms with Crippen LogP contribution in [0, 0.1) is 5.92 Å². The molecule has 1 aliphatic carbocycles. The van der Waals surface area contributed by atoms with Gasteiger partial charge in [0, 0.05) is 12.5 Å². The summed E-state index contributed by atoms with van der Waals surface area (Å²) in [5.74, 6) is 1.68. The van der Waals surface area contributed by atoms with Crippen LogP contribution in [0.4, 0.5) is 0 Å². The van der Waals surface area contributed by atoms with Crippen molar-refractivity contribution in [2.75, 3.05) is 12.5 Å². The molecule has 1 aliphatic heterocycles. The topological polar surface area (TPSA) is 9.23 Å². The predicted molar refractivity (Wildman–Crippen MR) is 71.4 cm³/mol. The highest BCUT2D eigenvalue weighted by atomic mass is 35.5. The number of alkyl halides is 1. The second-order valence-corrected chi connectivity index (χ2v) is 5.24. The van der Waals surface area contributed by atoms with Crippen LogP contribution in [0.15, 0.2) is 30.3 Å². The van der Waals surface area contributed by atoms with Crippen LogP contribution in [0.3, 0.4) is 0 Å². The summed E-state index contributed by atoms with van der Waals surface area (Å²) in [6.45, 7) is 0.931. The highest BCUT2D eigenvalue weighted by Crippen LogP contribution is 2.39. The number of ether oxygens (including phenoxy) is 1. The van der Waals surface area contributed by atoms with Crippen molar-refractivity contribution in [2.45, 2.75) is 24.9 Å². The minimum atomic E-state index is 0.449. The van der Waals surface area contributed by atoms with Crippen molar-refractivity contribution in [2.24, 2.45) is 5.92 Å². The summed E-state index contributed by atoms with van der Waals surface area (Å²) < 4.78 is 5.57. The fourth-order valence-corrected chi connectivity index (χ4v) is 3.12. The normalized spacial score (nSPS) is 30.8. The molecule has 3 rings (SSSR count). The van der Waals surface area contributed by atoms with Crippen molar-refractivity contribution in [1.29, 1.82) is 0 Å². The summed E-state index contributed by atoms with van der Waals surface area (Å²) in [5.41, 5.74) is 2.79. The smallest absolute Gasteiger partial charge is 0.0603 e. The maximum atomic E-state index is 6.09. The SMILES string of the molecule is ClCC1C=Cc2ccccc2[C@H]1CC1CCO1. The van der Waals surface area contributed by atoms with Gasteiger partial charge in [0.05, 0.1) is 6.10 Å². The maximum Gasteiger partial charge on any atom is 0.0603 e. The van der Waals surface area contributed by atoms with Gasteiger partial charge in [0.15, 0.2) is 0 Å². The number of hydrogen-bond donors (Lipinski definition) is 0. The van der Waals surface area contributed by atoms with Gasteiger partial charge in [-0.15, -0.1) is 11.6 Å². The van der Waals surface area contributed by atoms with Crippen molar-refractivity contribution in [3.63, 3.8) is 0 Å². The maximum absolute atomic E-state index is 6.09. The van der Waals surface area contributed by atoms with E-state index in [0.717, 1.165) is 13.0 Å². The van der Waals surface area contributed by atoms with E-state index in [-0.39, 0.29) is 0 Å². The Hall–Kier alpha value is -0.790. The molecule has 1 aromatic rings. The summed E-state index contributed by atoms with van der Waals surface area (Å²) in [4.78, 5) is 0. The molecule has 1 heterocycles. The van der Waals surface area contributed by atoms with Gasteiger partial charge in [-0.05, 0) is 35.8 Å². The zero-order valence-electron chi connectivity index (χ0n) is 9.81. The van der Waals surface area contributed by atoms with E-state index in [4.69, 9.17) is 16.3 Å². The third-order valence-electron chi connectivity index (χ3n) is 3.92. The van der Waals surface area contributed by atoms with Crippen molar-refractivity contribution < 1.29 is 4.74 Å². The van der Waals surface area contributed by atoms with Crippen LogP contribution in [0.1, 0.15) is 29.9 Å². The van der Waals surface area contributed by atoms with Crippen LogP contribution < -0.4 is 0 Å². The number of hydrogen-bond acceptors (Lipinski definition) is 1. The summed E-state index contributed by atoms with van der Waals surface area (Å²) in [7, 11) is 0. The average molecular weight is 249 g/mol. The van der Waals surface area contributed by atoms with Gasteiger partial charge < -0.3 is 4.74 Å². The van der Waals surface area contributed by atoms with Gasteiger partial charge in [-0.2, -0.15) is 0 Å². The molecule has 0 N–H and O–H groups in total. The molecule has 0 aromatic heterocycles. The van der Waals surface area contributed by atoms with Crippen molar-refractivity contribution in [3.05, 3.63) is 41.5 Å². The first-order valence-corrected chi connectivity index (χ1v) is 6.86. The van der Waals surface area contributed by atoms with E-state index < -0.39 is 0 Å². The quantitative estimate of drug-likeness (QED) is 0.739. The number of allylic oxidation sites excluding steroid dienone is 1. The Labute approximate surface area is 107 Å². The minimum Gasteiger partial charge on any atom is -0.378 e. The summed E-state index contributed by atoms with van der Waals surface area (Å²) in [6.07, 6.45) is 7.24. The lowest BCUT2D eigenvalue weighted by molar-refractivity contribution is -0.0596. The Morgan fingerprint density at radius 1 is 1.29 bits per heavy atom. The van der Waals surface area contributed by atoms with Gasteiger partial charge in [-0.1, -0.05) is 36.4 Å². The van der Waals surface area contributed by atoms with Crippen molar-refractivity contribution in [1.82, 2.24) is 0 Å². The molecule has 1 fully saturated rings. The summed E-state index contributed by atoms with van der Waals surface area (Å²) in [5, 5.41) is 0. The second-order valence-electron chi connectivity index (χ2n) is 4.93. The van der Waals surface area contributed by atoms with Crippen LogP contribution in [0.2, 0.25) is 0 Å². The van der Waals surface area contributed by atoms with E-state index in [1.165, 1.54) is 17.5 Å². The number of benzene rings is 1. The van der Waals surface area contributed by atoms with Gasteiger partial charge >= 0.3 is 0 Å². The standard InChI is InChI=1S/C15H17ClO/c16-10-12-6-5-11-3-1-2-4-14(11)15(12)9-13-7-8-17-13/h1-6,12-13,15H,7-10H2/t12?,13?,15-/m0/s1. The van der Waals surface area contributed by atoms with Gasteiger partial charge in [0.1, 0.15) is 0 Å². The molecular formula is C15H17ClO. The Morgan fingerprint density at radius 2 is 2.12 bits per heavy atom. The predicted octanol–water partition coefficient (Wildman–Crippen LogP) is 3.83. The molecule has 2 aliphatic rings. The molecule has 0 bridgehead atoms. The fourth-order valence-electron chi connectivity index (χ4n) is 2.81. The van der Waals surface area contributed by atoms with E-state index in [2.05, 4.69) is 36.4 Å². The van der Waals surface area contributed by atoms with Crippen LogP contribution in [0.25, 0.3) is 6.08 Å². The highest BCUT2D eigenvalue weighted by molar-refractivity contribution is 6.18. The lowest BCUT2D eigenvalue weighted by Crippen LogP contribution is -2.31. The van der Waals surface area contributed by atoms with E-state index in [1.807, 2.05) is 0 Å². The molecule has 90 valence electrons. The third-order valence-corrected chi connectivity index (χ3v) is 4.28. The first-order chi connectivity index (χ1) is 8.38. The van der Waals surface area contributed by atoms with E-state index >= 15 is 0 Å². The van der Waals surface area contributed by atoms with Gasteiger partial charge in [0.2, 0.25) is 0 Å². The van der Waals surface area contributed by atoms with E-state index in [1.54, 1.807) is 0 Å². The molecule has 2 heteroatoms. The number of fused-ring (bicyclic) bond motifs is 1. The summed E-state index contributed by atoms with van der Waals surface area (Å²) >= 11 is 6.09. The fraction of sp³-hybridized carbons (Fsp3) is 0.467. The first-order valence-electron chi connectivity index (χ1n) is 6.33. The first kappa shape index (κ1) is 11.3. The zero-order valence-corrected chi connectivity index (χ0v) is 10.6. The molecule has 0 spiro atoms. The van der Waals surface area contributed by atoms with Gasteiger partial charge in [-0.25, -0.2) is 0 Å². The second kappa shape index (κ2) is 4.83. The van der Waals surface area contributed by atoms with Crippen LogP contribution in [-0.4, -0.2) is 18.6 Å².